The van der Waals surface area contributed by atoms with Crippen molar-refractivity contribution in [1.29, 1.82) is 0 Å². The molecular weight excluding hydrogens is 435 g/mol. The Morgan fingerprint density at radius 1 is 0.941 bits per heavy atom. The van der Waals surface area contributed by atoms with Crippen LogP contribution in [0, 0.1) is 0 Å². The fourth-order valence-corrected chi connectivity index (χ4v) is 3.39. The zero-order valence-corrected chi connectivity index (χ0v) is 19.6. The van der Waals surface area contributed by atoms with Crippen molar-refractivity contribution in [3.05, 3.63) is 78.4 Å². The summed E-state index contributed by atoms with van der Waals surface area (Å²) in [6.07, 6.45) is 0.755. The summed E-state index contributed by atoms with van der Waals surface area (Å²) in [7, 11) is 1.57. The summed E-state index contributed by atoms with van der Waals surface area (Å²) in [4.78, 5) is 14.8. The van der Waals surface area contributed by atoms with Gasteiger partial charge in [-0.25, -0.2) is 4.39 Å². The van der Waals surface area contributed by atoms with Gasteiger partial charge in [0.2, 0.25) is 0 Å². The first-order valence-corrected chi connectivity index (χ1v) is 11.4. The van der Waals surface area contributed by atoms with Gasteiger partial charge >= 0.3 is 0 Å². The van der Waals surface area contributed by atoms with Crippen molar-refractivity contribution in [2.75, 3.05) is 45.3 Å². The number of carbonyl (C=O) groups is 1. The third-order valence-corrected chi connectivity index (χ3v) is 5.24. The third kappa shape index (κ3) is 7.49. The summed E-state index contributed by atoms with van der Waals surface area (Å²) in [6, 6.07) is 21.7. The fraction of sp³-hybridized carbons (Fsp3) is 0.296. The highest BCUT2D eigenvalue weighted by Gasteiger charge is 2.11. The zero-order valence-electron chi connectivity index (χ0n) is 19.6. The van der Waals surface area contributed by atoms with E-state index in [2.05, 4.69) is 5.32 Å². The van der Waals surface area contributed by atoms with Crippen LogP contribution in [0.1, 0.15) is 23.7 Å². The summed E-state index contributed by atoms with van der Waals surface area (Å²) in [5.74, 6) is 2.26. The predicted molar refractivity (Wildman–Crippen MR) is 132 cm³/mol. The standard InChI is InChI=1S/C27H31FN2O4/c1-3-30(18-16-28)17-7-19-33-26-20-22(12-15-25(26)32-2)29-27(31)21-10-13-24(14-11-21)34-23-8-5-4-6-9-23/h4-6,8-15,20H,3,7,16-19H2,1-2H3,(H,29,31). The van der Waals surface area contributed by atoms with Crippen molar-refractivity contribution in [3.8, 4) is 23.0 Å². The van der Waals surface area contributed by atoms with Crippen LogP contribution < -0.4 is 19.5 Å². The minimum absolute atomic E-state index is 0.243. The Morgan fingerprint density at radius 3 is 2.35 bits per heavy atom. The molecular formula is C27H31FN2O4. The van der Waals surface area contributed by atoms with Crippen LogP contribution in [-0.2, 0) is 0 Å². The first kappa shape index (κ1) is 25.1. The van der Waals surface area contributed by atoms with Crippen LogP contribution >= 0.6 is 0 Å². The number of rotatable bonds is 13. The Labute approximate surface area is 200 Å². The van der Waals surface area contributed by atoms with Gasteiger partial charge in [0.25, 0.3) is 5.91 Å². The summed E-state index contributed by atoms with van der Waals surface area (Å²) in [6.45, 7) is 4.10. The van der Waals surface area contributed by atoms with Crippen molar-refractivity contribution >= 4 is 11.6 Å². The van der Waals surface area contributed by atoms with Crippen molar-refractivity contribution in [2.24, 2.45) is 0 Å². The van der Waals surface area contributed by atoms with E-state index in [9.17, 15) is 9.18 Å². The lowest BCUT2D eigenvalue weighted by Gasteiger charge is -2.19. The first-order chi connectivity index (χ1) is 16.6. The molecule has 0 aliphatic carbocycles. The molecule has 1 amide bonds. The molecule has 180 valence electrons. The maximum Gasteiger partial charge on any atom is 0.255 e. The molecule has 0 spiro atoms. The van der Waals surface area contributed by atoms with Gasteiger partial charge in [-0.15, -0.1) is 0 Å². The number of halogens is 1. The SMILES string of the molecule is CCN(CCF)CCCOc1cc(NC(=O)c2ccc(Oc3ccccc3)cc2)ccc1OC. The number of amides is 1. The monoisotopic (exact) mass is 466 g/mol. The second kappa shape index (κ2) is 13.2. The largest absolute Gasteiger partial charge is 0.493 e. The van der Waals surface area contributed by atoms with Crippen LogP contribution in [0.3, 0.4) is 0 Å². The minimum atomic E-state index is -0.354. The van der Waals surface area contributed by atoms with E-state index in [1.807, 2.05) is 42.2 Å². The van der Waals surface area contributed by atoms with E-state index >= 15 is 0 Å². The molecule has 3 aromatic rings. The molecule has 3 rings (SSSR count). The van der Waals surface area contributed by atoms with E-state index < -0.39 is 0 Å². The normalized spacial score (nSPS) is 10.7. The Balaban J connectivity index is 1.57. The maximum absolute atomic E-state index is 12.7. The van der Waals surface area contributed by atoms with Gasteiger partial charge < -0.3 is 24.4 Å². The number of nitrogens with zero attached hydrogens (tertiary/aromatic N) is 1. The molecule has 3 aromatic carbocycles. The molecule has 0 unspecified atom stereocenters. The molecule has 0 saturated heterocycles. The van der Waals surface area contributed by atoms with E-state index in [0.717, 1.165) is 25.3 Å². The van der Waals surface area contributed by atoms with Gasteiger partial charge in [-0.05, 0) is 61.5 Å². The number of hydrogen-bond donors (Lipinski definition) is 1. The fourth-order valence-electron chi connectivity index (χ4n) is 3.39. The summed E-state index contributed by atoms with van der Waals surface area (Å²) in [5.41, 5.74) is 1.10. The van der Waals surface area contributed by atoms with Gasteiger partial charge in [-0.3, -0.25) is 4.79 Å². The average molecular weight is 467 g/mol. The number of hydrogen-bond acceptors (Lipinski definition) is 5. The van der Waals surface area contributed by atoms with Crippen molar-refractivity contribution < 1.29 is 23.4 Å². The highest BCUT2D eigenvalue weighted by Crippen LogP contribution is 2.31. The Bertz CT molecular complexity index is 1030. The van der Waals surface area contributed by atoms with Crippen LogP contribution in [0.4, 0.5) is 10.1 Å². The van der Waals surface area contributed by atoms with Crippen molar-refractivity contribution in [1.82, 2.24) is 4.90 Å². The smallest absolute Gasteiger partial charge is 0.255 e. The molecule has 0 aliphatic rings. The quantitative estimate of drug-likeness (QED) is 0.323. The Hall–Kier alpha value is -3.58. The number of carbonyl (C=O) groups excluding carboxylic acids is 1. The van der Waals surface area contributed by atoms with Gasteiger partial charge in [0.1, 0.15) is 18.2 Å². The molecule has 0 bridgehead atoms. The van der Waals surface area contributed by atoms with Crippen LogP contribution in [0.5, 0.6) is 23.0 Å². The Morgan fingerprint density at radius 2 is 1.68 bits per heavy atom. The molecule has 0 radical (unpaired) electrons. The third-order valence-electron chi connectivity index (χ3n) is 5.24. The van der Waals surface area contributed by atoms with Crippen molar-refractivity contribution in [2.45, 2.75) is 13.3 Å². The van der Waals surface area contributed by atoms with Crippen LogP contribution in [0.15, 0.2) is 72.8 Å². The molecule has 0 heterocycles. The predicted octanol–water partition coefficient (Wildman–Crippen LogP) is 5.80. The van der Waals surface area contributed by atoms with E-state index in [1.54, 1.807) is 49.6 Å². The molecule has 0 fully saturated rings. The van der Waals surface area contributed by atoms with E-state index in [4.69, 9.17) is 14.2 Å². The number of anilines is 1. The first-order valence-electron chi connectivity index (χ1n) is 11.4. The Kier molecular flexibility index (Phi) is 9.73. The number of benzene rings is 3. The number of nitrogens with one attached hydrogen (secondary N) is 1. The summed E-state index contributed by atoms with van der Waals surface area (Å²) < 4.78 is 29.6. The van der Waals surface area contributed by atoms with Crippen molar-refractivity contribution in [3.63, 3.8) is 0 Å². The van der Waals surface area contributed by atoms with Gasteiger partial charge in [-0.2, -0.15) is 0 Å². The van der Waals surface area contributed by atoms with Gasteiger partial charge in [0.05, 0.1) is 13.7 Å². The second-order valence-electron chi connectivity index (χ2n) is 7.58. The topological polar surface area (TPSA) is 60.0 Å². The van der Waals surface area contributed by atoms with Gasteiger partial charge in [0, 0.05) is 30.4 Å². The molecule has 6 nitrogen and oxygen atoms in total. The van der Waals surface area contributed by atoms with E-state index in [-0.39, 0.29) is 12.6 Å². The molecule has 7 heteroatoms. The minimum Gasteiger partial charge on any atom is -0.493 e. The zero-order chi connectivity index (χ0) is 24.2. The van der Waals surface area contributed by atoms with Crippen LogP contribution in [-0.4, -0.2) is 50.8 Å². The number of methoxy groups -OCH3 is 1. The highest BCUT2D eigenvalue weighted by atomic mass is 19.1. The van der Waals surface area contributed by atoms with Gasteiger partial charge in [0.15, 0.2) is 11.5 Å². The van der Waals surface area contributed by atoms with Crippen LogP contribution in [0.25, 0.3) is 0 Å². The molecule has 0 aliphatic heterocycles. The molecule has 0 aromatic heterocycles. The molecule has 0 saturated carbocycles. The lowest BCUT2D eigenvalue weighted by atomic mass is 10.2. The van der Waals surface area contributed by atoms with E-state index in [0.29, 0.717) is 41.7 Å². The van der Waals surface area contributed by atoms with Gasteiger partial charge in [-0.1, -0.05) is 25.1 Å². The molecule has 1 N–H and O–H groups in total. The lowest BCUT2D eigenvalue weighted by Crippen LogP contribution is -2.27. The number of alkyl halides is 1. The number of ether oxygens (including phenoxy) is 3. The molecule has 0 atom stereocenters. The average Bonchev–Trinajstić information content (AvgIpc) is 2.87. The number of para-hydroxylation sites is 1. The van der Waals surface area contributed by atoms with E-state index in [1.165, 1.54) is 0 Å². The second-order valence-corrected chi connectivity index (χ2v) is 7.58. The maximum atomic E-state index is 12.7. The highest BCUT2D eigenvalue weighted by molar-refractivity contribution is 6.04. The molecule has 34 heavy (non-hydrogen) atoms. The lowest BCUT2D eigenvalue weighted by molar-refractivity contribution is 0.102. The van der Waals surface area contributed by atoms with Crippen LogP contribution in [0.2, 0.25) is 0 Å². The summed E-state index contributed by atoms with van der Waals surface area (Å²) in [5, 5.41) is 2.89. The summed E-state index contributed by atoms with van der Waals surface area (Å²) >= 11 is 0.